The molecule has 0 aliphatic heterocycles. The molecule has 78 valence electrons. The number of hydrogen-bond acceptors (Lipinski definition) is 2. The Labute approximate surface area is 84.7 Å². The van der Waals surface area contributed by atoms with Crippen LogP contribution >= 0.6 is 0 Å². The third kappa shape index (κ3) is 1.46. The van der Waals surface area contributed by atoms with E-state index in [0.29, 0.717) is 6.61 Å². The Hall–Kier alpha value is -0.830. The molecule has 0 amide bonds. The largest absolute Gasteiger partial charge is 0.396 e. The van der Waals surface area contributed by atoms with Crippen LogP contribution < -0.4 is 0 Å². The quantitative estimate of drug-likeness (QED) is 0.788. The summed E-state index contributed by atoms with van der Waals surface area (Å²) in [5.41, 5.74) is 3.88. The molecule has 1 saturated carbocycles. The number of aryl methyl sites for hydroxylation is 2. The monoisotopic (exact) mass is 194 g/mol. The van der Waals surface area contributed by atoms with E-state index in [1.807, 2.05) is 11.7 Å². The molecular weight excluding hydrogens is 176 g/mol. The molecule has 0 spiro atoms. The van der Waals surface area contributed by atoms with Gasteiger partial charge in [0.25, 0.3) is 0 Å². The van der Waals surface area contributed by atoms with Gasteiger partial charge in [-0.15, -0.1) is 0 Å². The standard InChI is InChI=1S/C11H18N2O/c1-8-10(9(2)13(3)12-8)6-11(7-14)4-5-11/h14H,4-7H2,1-3H3. The maximum Gasteiger partial charge on any atom is 0.0628 e. The van der Waals surface area contributed by atoms with Crippen molar-refractivity contribution in [2.75, 3.05) is 6.61 Å². The van der Waals surface area contributed by atoms with Gasteiger partial charge in [-0.1, -0.05) is 0 Å². The number of aromatic nitrogens is 2. The van der Waals surface area contributed by atoms with E-state index in [0.717, 1.165) is 25.0 Å². The van der Waals surface area contributed by atoms with Crippen LogP contribution in [0.2, 0.25) is 0 Å². The molecule has 1 heterocycles. The van der Waals surface area contributed by atoms with Crippen molar-refractivity contribution in [3.8, 4) is 0 Å². The SMILES string of the molecule is Cc1nn(C)c(C)c1CC1(CO)CC1. The summed E-state index contributed by atoms with van der Waals surface area (Å²) in [4.78, 5) is 0. The zero-order valence-corrected chi connectivity index (χ0v) is 9.17. The van der Waals surface area contributed by atoms with Crippen LogP contribution in [0.4, 0.5) is 0 Å². The van der Waals surface area contributed by atoms with Gasteiger partial charge in [0.15, 0.2) is 0 Å². The van der Waals surface area contributed by atoms with Crippen LogP contribution in [0.3, 0.4) is 0 Å². The second kappa shape index (κ2) is 3.09. The fraction of sp³-hybridized carbons (Fsp3) is 0.727. The normalized spacial score (nSPS) is 18.6. The van der Waals surface area contributed by atoms with E-state index in [2.05, 4.69) is 18.9 Å². The maximum absolute atomic E-state index is 9.28. The second-order valence-corrected chi connectivity index (χ2v) is 4.61. The summed E-state index contributed by atoms with van der Waals surface area (Å²) >= 11 is 0. The third-order valence-corrected chi connectivity index (χ3v) is 3.50. The molecule has 1 aliphatic carbocycles. The van der Waals surface area contributed by atoms with Crippen molar-refractivity contribution < 1.29 is 5.11 Å². The summed E-state index contributed by atoms with van der Waals surface area (Å²) < 4.78 is 1.93. The predicted octanol–water partition coefficient (Wildman–Crippen LogP) is 1.35. The first-order chi connectivity index (χ1) is 6.58. The number of aliphatic hydroxyl groups is 1. The minimum Gasteiger partial charge on any atom is -0.396 e. The van der Waals surface area contributed by atoms with Gasteiger partial charge in [-0.25, -0.2) is 0 Å². The van der Waals surface area contributed by atoms with E-state index in [1.54, 1.807) is 0 Å². The first kappa shape index (κ1) is 9.71. The highest BCUT2D eigenvalue weighted by atomic mass is 16.3. The molecule has 14 heavy (non-hydrogen) atoms. The van der Waals surface area contributed by atoms with Crippen molar-refractivity contribution in [3.63, 3.8) is 0 Å². The Morgan fingerprint density at radius 3 is 2.43 bits per heavy atom. The van der Waals surface area contributed by atoms with Gasteiger partial charge >= 0.3 is 0 Å². The molecule has 0 radical (unpaired) electrons. The minimum absolute atomic E-state index is 0.193. The van der Waals surface area contributed by atoms with Gasteiger partial charge in [-0.2, -0.15) is 5.10 Å². The smallest absolute Gasteiger partial charge is 0.0628 e. The maximum atomic E-state index is 9.28. The molecule has 0 unspecified atom stereocenters. The lowest BCUT2D eigenvalue weighted by atomic mass is 9.96. The molecular formula is C11H18N2O. The molecule has 2 rings (SSSR count). The van der Waals surface area contributed by atoms with Crippen molar-refractivity contribution in [3.05, 3.63) is 17.0 Å². The molecule has 0 bridgehead atoms. The fourth-order valence-electron chi connectivity index (χ4n) is 2.02. The lowest BCUT2D eigenvalue weighted by Gasteiger charge is -2.11. The van der Waals surface area contributed by atoms with Gasteiger partial charge in [0.1, 0.15) is 0 Å². The zero-order chi connectivity index (χ0) is 10.3. The third-order valence-electron chi connectivity index (χ3n) is 3.50. The number of hydrogen-bond donors (Lipinski definition) is 1. The van der Waals surface area contributed by atoms with E-state index >= 15 is 0 Å². The first-order valence-corrected chi connectivity index (χ1v) is 5.18. The van der Waals surface area contributed by atoms with E-state index in [9.17, 15) is 5.11 Å². The molecule has 1 N–H and O–H groups in total. The summed E-state index contributed by atoms with van der Waals surface area (Å²) in [5.74, 6) is 0. The van der Waals surface area contributed by atoms with Crippen LogP contribution in [0.5, 0.6) is 0 Å². The van der Waals surface area contributed by atoms with E-state index in [4.69, 9.17) is 0 Å². The average molecular weight is 194 g/mol. The Kier molecular flexibility index (Phi) is 2.14. The lowest BCUT2D eigenvalue weighted by Crippen LogP contribution is -2.11. The van der Waals surface area contributed by atoms with Crippen LogP contribution in [0.1, 0.15) is 29.8 Å². The van der Waals surface area contributed by atoms with Gasteiger partial charge in [0.2, 0.25) is 0 Å². The Morgan fingerprint density at radius 1 is 1.43 bits per heavy atom. The Balaban J connectivity index is 2.24. The molecule has 1 fully saturated rings. The molecule has 3 heteroatoms. The van der Waals surface area contributed by atoms with Crippen LogP contribution in [0.25, 0.3) is 0 Å². The highest BCUT2D eigenvalue weighted by molar-refractivity contribution is 5.27. The fourth-order valence-corrected chi connectivity index (χ4v) is 2.02. The number of nitrogens with zero attached hydrogens (tertiary/aromatic N) is 2. The van der Waals surface area contributed by atoms with Crippen molar-refractivity contribution >= 4 is 0 Å². The molecule has 0 aromatic carbocycles. The first-order valence-electron chi connectivity index (χ1n) is 5.18. The molecule has 0 atom stereocenters. The van der Waals surface area contributed by atoms with Crippen LogP contribution in [-0.4, -0.2) is 21.5 Å². The van der Waals surface area contributed by atoms with Gasteiger partial charge in [0.05, 0.1) is 5.69 Å². The summed E-state index contributed by atoms with van der Waals surface area (Å²) in [6, 6.07) is 0. The van der Waals surface area contributed by atoms with E-state index in [-0.39, 0.29) is 5.41 Å². The van der Waals surface area contributed by atoms with Gasteiger partial charge in [-0.3, -0.25) is 4.68 Å². The Bertz CT molecular complexity index is 350. The molecule has 1 aromatic heterocycles. The lowest BCUT2D eigenvalue weighted by molar-refractivity contribution is 0.211. The summed E-state index contributed by atoms with van der Waals surface area (Å²) in [7, 11) is 1.98. The van der Waals surface area contributed by atoms with Gasteiger partial charge in [-0.05, 0) is 44.1 Å². The highest BCUT2D eigenvalue weighted by Gasteiger charge is 2.42. The molecule has 0 saturated heterocycles. The highest BCUT2D eigenvalue weighted by Crippen LogP contribution is 2.48. The molecule has 1 aliphatic rings. The summed E-state index contributed by atoms with van der Waals surface area (Å²) in [6.45, 7) is 4.47. The predicted molar refractivity (Wildman–Crippen MR) is 55.1 cm³/mol. The number of aliphatic hydroxyl groups excluding tert-OH is 1. The van der Waals surface area contributed by atoms with E-state index < -0.39 is 0 Å². The Morgan fingerprint density at radius 2 is 2.07 bits per heavy atom. The summed E-state index contributed by atoms with van der Waals surface area (Å²) in [5, 5.41) is 13.7. The van der Waals surface area contributed by atoms with Crippen molar-refractivity contribution in [1.82, 2.24) is 9.78 Å². The topological polar surface area (TPSA) is 38.0 Å². The van der Waals surface area contributed by atoms with E-state index in [1.165, 1.54) is 11.3 Å². The van der Waals surface area contributed by atoms with Crippen molar-refractivity contribution in [2.45, 2.75) is 33.1 Å². The minimum atomic E-state index is 0.193. The zero-order valence-electron chi connectivity index (χ0n) is 9.17. The average Bonchev–Trinajstić information content (AvgIpc) is 2.88. The van der Waals surface area contributed by atoms with Crippen LogP contribution in [-0.2, 0) is 13.5 Å². The van der Waals surface area contributed by atoms with Crippen molar-refractivity contribution in [1.29, 1.82) is 0 Å². The molecule has 1 aromatic rings. The van der Waals surface area contributed by atoms with Crippen LogP contribution in [0.15, 0.2) is 0 Å². The summed E-state index contributed by atoms with van der Waals surface area (Å²) in [6.07, 6.45) is 3.32. The number of rotatable bonds is 3. The van der Waals surface area contributed by atoms with Gasteiger partial charge < -0.3 is 5.11 Å². The molecule has 3 nitrogen and oxygen atoms in total. The van der Waals surface area contributed by atoms with Crippen LogP contribution in [0, 0.1) is 19.3 Å². The van der Waals surface area contributed by atoms with Gasteiger partial charge in [0, 0.05) is 19.3 Å². The van der Waals surface area contributed by atoms with Crippen molar-refractivity contribution in [2.24, 2.45) is 12.5 Å². The second-order valence-electron chi connectivity index (χ2n) is 4.61.